The van der Waals surface area contributed by atoms with Crippen LogP contribution in [-0.2, 0) is 0 Å². The average Bonchev–Trinajstić information content (AvgIpc) is 3.27. The van der Waals surface area contributed by atoms with Crippen LogP contribution < -0.4 is 4.74 Å². The molecule has 1 aromatic heterocycles. The molecule has 1 saturated carbocycles. The van der Waals surface area contributed by atoms with Gasteiger partial charge in [0.25, 0.3) is 0 Å². The summed E-state index contributed by atoms with van der Waals surface area (Å²) in [5.41, 5.74) is 1.94. The van der Waals surface area contributed by atoms with Crippen molar-refractivity contribution in [1.82, 2.24) is 9.97 Å². The van der Waals surface area contributed by atoms with Crippen molar-refractivity contribution < 1.29 is 4.74 Å². The van der Waals surface area contributed by atoms with E-state index in [4.69, 9.17) is 16.3 Å². The van der Waals surface area contributed by atoms with Gasteiger partial charge >= 0.3 is 0 Å². The highest BCUT2D eigenvalue weighted by atomic mass is 79.9. The minimum absolute atomic E-state index is 0.471. The molecule has 1 aromatic carbocycles. The first-order valence-electron chi connectivity index (χ1n) is 6.65. The van der Waals surface area contributed by atoms with E-state index in [2.05, 4.69) is 25.9 Å². The largest absolute Gasteiger partial charge is 0.494 e. The highest BCUT2D eigenvalue weighted by molar-refractivity contribution is 9.10. The SMILES string of the molecule is CCOc1cccc(-c2nc(Cl)c(Br)c(C3CC3)n2)c1. The summed E-state index contributed by atoms with van der Waals surface area (Å²) in [5, 5.41) is 0.471. The molecule has 0 N–H and O–H groups in total. The third-order valence-electron chi connectivity index (χ3n) is 3.20. The summed E-state index contributed by atoms with van der Waals surface area (Å²) in [6.45, 7) is 2.60. The normalized spacial score (nSPS) is 14.3. The quantitative estimate of drug-likeness (QED) is 0.738. The molecule has 2 aromatic rings. The zero-order valence-electron chi connectivity index (χ0n) is 11.1. The lowest BCUT2D eigenvalue weighted by molar-refractivity contribution is 0.340. The summed E-state index contributed by atoms with van der Waals surface area (Å²) in [7, 11) is 0. The van der Waals surface area contributed by atoms with Gasteiger partial charge in [0, 0.05) is 11.5 Å². The van der Waals surface area contributed by atoms with Gasteiger partial charge in [-0.2, -0.15) is 0 Å². The van der Waals surface area contributed by atoms with E-state index in [1.807, 2.05) is 31.2 Å². The van der Waals surface area contributed by atoms with Crippen molar-refractivity contribution in [3.63, 3.8) is 0 Å². The Balaban J connectivity index is 2.03. The molecule has 1 aliphatic carbocycles. The number of halogens is 2. The number of nitrogens with zero attached hydrogens (tertiary/aromatic N) is 2. The fourth-order valence-electron chi connectivity index (χ4n) is 2.08. The van der Waals surface area contributed by atoms with Gasteiger partial charge in [0.15, 0.2) is 5.82 Å². The summed E-state index contributed by atoms with van der Waals surface area (Å²) in [6.07, 6.45) is 2.34. The van der Waals surface area contributed by atoms with Crippen molar-refractivity contribution in [2.45, 2.75) is 25.7 Å². The average molecular weight is 354 g/mol. The molecule has 0 aliphatic heterocycles. The monoisotopic (exact) mass is 352 g/mol. The predicted molar refractivity (Wildman–Crippen MR) is 83.3 cm³/mol. The summed E-state index contributed by atoms with van der Waals surface area (Å²) in [6, 6.07) is 7.78. The van der Waals surface area contributed by atoms with E-state index in [0.29, 0.717) is 23.5 Å². The lowest BCUT2D eigenvalue weighted by Crippen LogP contribution is -1.98. The maximum absolute atomic E-state index is 6.21. The van der Waals surface area contributed by atoms with Crippen LogP contribution in [0.5, 0.6) is 5.75 Å². The lowest BCUT2D eigenvalue weighted by Gasteiger charge is -2.09. The number of ether oxygens (including phenoxy) is 1. The van der Waals surface area contributed by atoms with Crippen molar-refractivity contribution in [3.05, 3.63) is 39.6 Å². The van der Waals surface area contributed by atoms with Crippen molar-refractivity contribution in [1.29, 1.82) is 0 Å². The van der Waals surface area contributed by atoms with Crippen LogP contribution in [0.2, 0.25) is 5.15 Å². The first kappa shape index (κ1) is 13.8. The van der Waals surface area contributed by atoms with Crippen LogP contribution in [0.4, 0.5) is 0 Å². The van der Waals surface area contributed by atoms with Crippen LogP contribution in [0.25, 0.3) is 11.4 Å². The third-order valence-corrected chi connectivity index (χ3v) is 4.49. The molecule has 0 saturated heterocycles. The van der Waals surface area contributed by atoms with E-state index in [1.165, 1.54) is 12.8 Å². The van der Waals surface area contributed by atoms with Gasteiger partial charge in [-0.05, 0) is 47.8 Å². The van der Waals surface area contributed by atoms with Crippen molar-refractivity contribution in [2.24, 2.45) is 0 Å². The van der Waals surface area contributed by atoms with E-state index in [-0.39, 0.29) is 0 Å². The minimum Gasteiger partial charge on any atom is -0.494 e. The molecule has 3 rings (SSSR count). The van der Waals surface area contributed by atoms with Crippen LogP contribution in [-0.4, -0.2) is 16.6 Å². The number of benzene rings is 1. The Morgan fingerprint density at radius 2 is 2.15 bits per heavy atom. The molecule has 1 heterocycles. The Morgan fingerprint density at radius 1 is 1.35 bits per heavy atom. The topological polar surface area (TPSA) is 35.0 Å². The maximum atomic E-state index is 6.21. The van der Waals surface area contributed by atoms with Crippen LogP contribution >= 0.6 is 27.5 Å². The van der Waals surface area contributed by atoms with Gasteiger partial charge in [-0.1, -0.05) is 23.7 Å². The molecule has 3 nitrogen and oxygen atoms in total. The zero-order valence-corrected chi connectivity index (χ0v) is 13.4. The summed E-state index contributed by atoms with van der Waals surface area (Å²) in [5.74, 6) is 1.99. The van der Waals surface area contributed by atoms with Gasteiger partial charge in [0.05, 0.1) is 16.8 Å². The fourth-order valence-corrected chi connectivity index (χ4v) is 2.76. The maximum Gasteiger partial charge on any atom is 0.161 e. The Labute approximate surface area is 131 Å². The van der Waals surface area contributed by atoms with Gasteiger partial charge in [0.1, 0.15) is 10.9 Å². The molecule has 0 spiro atoms. The third kappa shape index (κ3) is 2.81. The van der Waals surface area contributed by atoms with Crippen molar-refractivity contribution >= 4 is 27.5 Å². The van der Waals surface area contributed by atoms with E-state index in [9.17, 15) is 0 Å². The van der Waals surface area contributed by atoms with E-state index in [0.717, 1.165) is 21.5 Å². The summed E-state index contributed by atoms with van der Waals surface area (Å²) >= 11 is 9.70. The van der Waals surface area contributed by atoms with E-state index in [1.54, 1.807) is 0 Å². The standard InChI is InChI=1S/C15H14BrClN2O/c1-2-20-11-5-3-4-10(8-11)15-18-13(9-6-7-9)12(16)14(17)19-15/h3-5,8-9H,2,6-7H2,1H3. The molecule has 1 aliphatic rings. The summed E-state index contributed by atoms with van der Waals surface area (Å²) in [4.78, 5) is 9.04. The highest BCUT2D eigenvalue weighted by Gasteiger charge is 2.29. The van der Waals surface area contributed by atoms with Gasteiger partial charge in [-0.15, -0.1) is 0 Å². The van der Waals surface area contributed by atoms with Crippen LogP contribution in [0.15, 0.2) is 28.7 Å². The predicted octanol–water partition coefficient (Wildman–Crippen LogP) is 4.84. The number of hydrogen-bond acceptors (Lipinski definition) is 3. The smallest absolute Gasteiger partial charge is 0.161 e. The van der Waals surface area contributed by atoms with Crippen molar-refractivity contribution in [3.8, 4) is 17.1 Å². The molecular formula is C15H14BrClN2O. The lowest BCUT2D eigenvalue weighted by atomic mass is 10.2. The minimum atomic E-state index is 0.471. The molecule has 104 valence electrons. The molecule has 20 heavy (non-hydrogen) atoms. The Hall–Kier alpha value is -1.13. The van der Waals surface area contributed by atoms with E-state index >= 15 is 0 Å². The molecule has 0 amide bonds. The van der Waals surface area contributed by atoms with Gasteiger partial charge in [-0.3, -0.25) is 0 Å². The molecule has 0 radical (unpaired) electrons. The first-order valence-corrected chi connectivity index (χ1v) is 7.82. The first-order chi connectivity index (χ1) is 9.69. The second kappa shape index (κ2) is 5.70. The molecule has 0 atom stereocenters. The fraction of sp³-hybridized carbons (Fsp3) is 0.333. The molecule has 0 unspecified atom stereocenters. The Morgan fingerprint density at radius 3 is 2.85 bits per heavy atom. The van der Waals surface area contributed by atoms with Gasteiger partial charge < -0.3 is 4.74 Å². The molecule has 5 heteroatoms. The molecular weight excluding hydrogens is 340 g/mol. The highest BCUT2D eigenvalue weighted by Crippen LogP contribution is 2.44. The molecule has 0 bridgehead atoms. The second-order valence-corrected chi connectivity index (χ2v) is 5.92. The second-order valence-electron chi connectivity index (χ2n) is 4.77. The van der Waals surface area contributed by atoms with Gasteiger partial charge in [0.2, 0.25) is 0 Å². The van der Waals surface area contributed by atoms with E-state index < -0.39 is 0 Å². The van der Waals surface area contributed by atoms with Crippen LogP contribution in [0.1, 0.15) is 31.4 Å². The van der Waals surface area contributed by atoms with Crippen LogP contribution in [0, 0.1) is 0 Å². The number of rotatable bonds is 4. The summed E-state index contributed by atoms with van der Waals surface area (Å²) < 4.78 is 6.34. The van der Waals surface area contributed by atoms with Gasteiger partial charge in [-0.25, -0.2) is 9.97 Å². The van der Waals surface area contributed by atoms with Crippen molar-refractivity contribution in [2.75, 3.05) is 6.61 Å². The number of hydrogen-bond donors (Lipinski definition) is 0. The zero-order chi connectivity index (χ0) is 14.1. The van der Waals surface area contributed by atoms with Crippen LogP contribution in [0.3, 0.4) is 0 Å². The number of aromatic nitrogens is 2. The Bertz CT molecular complexity index is 644. The Kier molecular flexibility index (Phi) is 3.94. The molecule has 1 fully saturated rings.